The van der Waals surface area contributed by atoms with E-state index in [4.69, 9.17) is 0 Å². The van der Waals surface area contributed by atoms with Crippen LogP contribution in [0.2, 0.25) is 0 Å². The fourth-order valence-electron chi connectivity index (χ4n) is 1.79. The number of aryl methyl sites for hydroxylation is 1. The van der Waals surface area contributed by atoms with Crippen molar-refractivity contribution in [2.45, 2.75) is 13.8 Å². The van der Waals surface area contributed by atoms with E-state index in [9.17, 15) is 13.6 Å². The summed E-state index contributed by atoms with van der Waals surface area (Å²) in [7, 11) is 0. The zero-order valence-electron chi connectivity index (χ0n) is 11.7. The summed E-state index contributed by atoms with van der Waals surface area (Å²) in [5, 5.41) is 5.18. The molecular formula is C15H15F2N3O. The van der Waals surface area contributed by atoms with Gasteiger partial charge in [0.05, 0.1) is 0 Å². The molecule has 6 heteroatoms. The molecule has 2 N–H and O–H groups in total. The second-order valence-electron chi connectivity index (χ2n) is 4.45. The topological polar surface area (TPSA) is 54.0 Å². The fourth-order valence-corrected chi connectivity index (χ4v) is 1.79. The fraction of sp³-hybridized carbons (Fsp3) is 0.200. The lowest BCUT2D eigenvalue weighted by Gasteiger charge is -2.10. The van der Waals surface area contributed by atoms with E-state index < -0.39 is 23.2 Å². The van der Waals surface area contributed by atoms with Gasteiger partial charge in [0.25, 0.3) is 5.91 Å². The van der Waals surface area contributed by atoms with Gasteiger partial charge in [0, 0.05) is 6.54 Å². The maximum absolute atomic E-state index is 13.9. The third-order valence-electron chi connectivity index (χ3n) is 2.86. The minimum Gasteiger partial charge on any atom is -0.370 e. The summed E-state index contributed by atoms with van der Waals surface area (Å²) >= 11 is 0. The zero-order chi connectivity index (χ0) is 15.4. The van der Waals surface area contributed by atoms with Crippen LogP contribution in [0.25, 0.3) is 0 Å². The summed E-state index contributed by atoms with van der Waals surface area (Å²) in [5.74, 6) is -1.76. The van der Waals surface area contributed by atoms with Crippen LogP contribution in [-0.4, -0.2) is 17.4 Å². The highest BCUT2D eigenvalue weighted by atomic mass is 19.1. The van der Waals surface area contributed by atoms with Crippen LogP contribution in [0.1, 0.15) is 23.0 Å². The Hall–Kier alpha value is -2.50. The number of carbonyl (C=O) groups is 1. The SMILES string of the molecule is CCNc1cccc(C(=O)Nc2c(F)ccc(C)c2F)n1. The van der Waals surface area contributed by atoms with Crippen LogP contribution in [-0.2, 0) is 0 Å². The van der Waals surface area contributed by atoms with Crippen LogP contribution >= 0.6 is 0 Å². The van der Waals surface area contributed by atoms with E-state index in [0.717, 1.165) is 6.07 Å². The number of amides is 1. The van der Waals surface area contributed by atoms with E-state index in [2.05, 4.69) is 15.6 Å². The van der Waals surface area contributed by atoms with Crippen LogP contribution in [0, 0.1) is 18.6 Å². The number of rotatable bonds is 4. The van der Waals surface area contributed by atoms with Gasteiger partial charge in [0.15, 0.2) is 5.82 Å². The largest absolute Gasteiger partial charge is 0.370 e. The first-order valence-electron chi connectivity index (χ1n) is 6.49. The van der Waals surface area contributed by atoms with Gasteiger partial charge in [-0.15, -0.1) is 0 Å². The summed E-state index contributed by atoms with van der Waals surface area (Å²) in [5.41, 5.74) is -0.134. The standard InChI is InChI=1S/C15H15F2N3O/c1-3-18-12-6-4-5-11(19-12)15(21)20-14-10(16)8-7-9(2)13(14)17/h4-8H,3H2,1-2H3,(H,18,19)(H,20,21). The number of hydrogen-bond acceptors (Lipinski definition) is 3. The Kier molecular flexibility index (Phi) is 4.47. The van der Waals surface area contributed by atoms with Crippen molar-refractivity contribution in [1.29, 1.82) is 0 Å². The van der Waals surface area contributed by atoms with E-state index in [0.29, 0.717) is 12.4 Å². The number of pyridine rings is 1. The second kappa shape index (κ2) is 6.30. The molecule has 2 aromatic rings. The Bertz CT molecular complexity index is 674. The molecule has 0 aliphatic carbocycles. The van der Waals surface area contributed by atoms with E-state index >= 15 is 0 Å². The summed E-state index contributed by atoms with van der Waals surface area (Å²) in [4.78, 5) is 16.1. The number of hydrogen-bond donors (Lipinski definition) is 2. The lowest BCUT2D eigenvalue weighted by Crippen LogP contribution is -2.17. The first-order valence-corrected chi connectivity index (χ1v) is 6.49. The van der Waals surface area contributed by atoms with Gasteiger partial charge in [-0.05, 0) is 37.6 Å². The Morgan fingerprint density at radius 1 is 1.24 bits per heavy atom. The van der Waals surface area contributed by atoms with Gasteiger partial charge in [0.1, 0.15) is 23.0 Å². The second-order valence-corrected chi connectivity index (χ2v) is 4.45. The number of nitrogens with zero attached hydrogens (tertiary/aromatic N) is 1. The molecule has 1 heterocycles. The molecule has 110 valence electrons. The number of aromatic nitrogens is 1. The molecule has 0 fully saturated rings. The number of nitrogens with one attached hydrogen (secondary N) is 2. The number of anilines is 2. The van der Waals surface area contributed by atoms with Crippen molar-refractivity contribution in [3.05, 3.63) is 53.2 Å². The molecule has 0 spiro atoms. The Balaban J connectivity index is 2.26. The molecule has 0 radical (unpaired) electrons. The van der Waals surface area contributed by atoms with Gasteiger partial charge in [0.2, 0.25) is 0 Å². The van der Waals surface area contributed by atoms with Crippen molar-refractivity contribution < 1.29 is 13.6 Å². The quantitative estimate of drug-likeness (QED) is 0.908. The van der Waals surface area contributed by atoms with Gasteiger partial charge in [-0.2, -0.15) is 0 Å². The monoisotopic (exact) mass is 291 g/mol. The number of halogens is 2. The van der Waals surface area contributed by atoms with Crippen molar-refractivity contribution in [2.24, 2.45) is 0 Å². The highest BCUT2D eigenvalue weighted by molar-refractivity contribution is 6.03. The molecule has 2 rings (SSSR count). The number of benzene rings is 1. The maximum Gasteiger partial charge on any atom is 0.274 e. The van der Waals surface area contributed by atoms with Crippen molar-refractivity contribution in [1.82, 2.24) is 4.98 Å². The molecule has 0 atom stereocenters. The van der Waals surface area contributed by atoms with E-state index in [1.165, 1.54) is 19.1 Å². The number of carbonyl (C=O) groups excluding carboxylic acids is 1. The summed E-state index contributed by atoms with van der Waals surface area (Å²) in [6.45, 7) is 4.04. The molecule has 0 unspecified atom stereocenters. The van der Waals surface area contributed by atoms with Crippen LogP contribution in [0.5, 0.6) is 0 Å². The molecule has 0 aliphatic heterocycles. The van der Waals surface area contributed by atoms with Crippen LogP contribution < -0.4 is 10.6 Å². The van der Waals surface area contributed by atoms with E-state index in [1.54, 1.807) is 12.1 Å². The average Bonchev–Trinajstić information content (AvgIpc) is 2.48. The first kappa shape index (κ1) is 14.9. The Morgan fingerprint density at radius 2 is 2.00 bits per heavy atom. The third-order valence-corrected chi connectivity index (χ3v) is 2.86. The molecule has 1 amide bonds. The third kappa shape index (κ3) is 3.34. The zero-order valence-corrected chi connectivity index (χ0v) is 11.7. The molecule has 21 heavy (non-hydrogen) atoms. The molecule has 1 aromatic carbocycles. The van der Waals surface area contributed by atoms with E-state index in [-0.39, 0.29) is 11.3 Å². The van der Waals surface area contributed by atoms with Crippen molar-refractivity contribution in [3.63, 3.8) is 0 Å². The van der Waals surface area contributed by atoms with Gasteiger partial charge in [-0.3, -0.25) is 4.79 Å². The predicted molar refractivity (Wildman–Crippen MR) is 77.4 cm³/mol. The van der Waals surface area contributed by atoms with Crippen molar-refractivity contribution in [2.75, 3.05) is 17.2 Å². The van der Waals surface area contributed by atoms with Crippen LogP contribution in [0.15, 0.2) is 30.3 Å². The molecule has 0 saturated carbocycles. The molecule has 1 aromatic heterocycles. The maximum atomic E-state index is 13.9. The first-order chi connectivity index (χ1) is 10.0. The predicted octanol–water partition coefficient (Wildman–Crippen LogP) is 3.35. The Morgan fingerprint density at radius 3 is 2.71 bits per heavy atom. The highest BCUT2D eigenvalue weighted by Crippen LogP contribution is 2.22. The molecule has 0 saturated heterocycles. The Labute approximate surface area is 121 Å². The van der Waals surface area contributed by atoms with Gasteiger partial charge in [-0.1, -0.05) is 12.1 Å². The minimum atomic E-state index is -0.825. The lowest BCUT2D eigenvalue weighted by molar-refractivity contribution is 0.102. The van der Waals surface area contributed by atoms with Gasteiger partial charge >= 0.3 is 0 Å². The van der Waals surface area contributed by atoms with Crippen LogP contribution in [0.4, 0.5) is 20.3 Å². The van der Waals surface area contributed by atoms with Gasteiger partial charge in [-0.25, -0.2) is 13.8 Å². The lowest BCUT2D eigenvalue weighted by atomic mass is 10.2. The molecule has 4 nitrogen and oxygen atoms in total. The molecule has 0 aliphatic rings. The normalized spacial score (nSPS) is 10.3. The minimum absolute atomic E-state index is 0.0776. The summed E-state index contributed by atoms with van der Waals surface area (Å²) in [6, 6.07) is 7.24. The van der Waals surface area contributed by atoms with Gasteiger partial charge < -0.3 is 10.6 Å². The smallest absolute Gasteiger partial charge is 0.274 e. The van der Waals surface area contributed by atoms with E-state index in [1.807, 2.05) is 6.92 Å². The van der Waals surface area contributed by atoms with Crippen molar-refractivity contribution in [3.8, 4) is 0 Å². The highest BCUT2D eigenvalue weighted by Gasteiger charge is 2.16. The summed E-state index contributed by atoms with van der Waals surface area (Å²) < 4.78 is 27.5. The van der Waals surface area contributed by atoms with Crippen molar-refractivity contribution >= 4 is 17.4 Å². The molecule has 0 bridgehead atoms. The van der Waals surface area contributed by atoms with Crippen LogP contribution in [0.3, 0.4) is 0 Å². The summed E-state index contributed by atoms with van der Waals surface area (Å²) in [6.07, 6.45) is 0. The molecular weight excluding hydrogens is 276 g/mol. The average molecular weight is 291 g/mol.